The zero-order chi connectivity index (χ0) is 17.5. The summed E-state index contributed by atoms with van der Waals surface area (Å²) in [5.74, 6) is -0.495. The summed E-state index contributed by atoms with van der Waals surface area (Å²) >= 11 is 0. The van der Waals surface area contributed by atoms with Crippen LogP contribution < -0.4 is 10.2 Å². The normalized spacial score (nSPS) is 10.0. The van der Waals surface area contributed by atoms with Crippen molar-refractivity contribution in [2.24, 2.45) is 0 Å². The van der Waals surface area contributed by atoms with Crippen LogP contribution in [-0.4, -0.2) is 30.3 Å². The highest BCUT2D eigenvalue weighted by Gasteiger charge is 2.12. The van der Waals surface area contributed by atoms with Crippen LogP contribution in [-0.2, 0) is 4.79 Å². The van der Waals surface area contributed by atoms with Gasteiger partial charge in [-0.2, -0.15) is 0 Å². The van der Waals surface area contributed by atoms with Gasteiger partial charge in [-0.25, -0.2) is 0 Å². The lowest BCUT2D eigenvalue weighted by molar-refractivity contribution is -0.384. The Morgan fingerprint density at radius 3 is 2.29 bits per heavy atom. The highest BCUT2D eigenvalue weighted by molar-refractivity contribution is 5.96. The second-order valence-electron chi connectivity index (χ2n) is 5.10. The van der Waals surface area contributed by atoms with Crippen molar-refractivity contribution >= 4 is 23.2 Å². The minimum atomic E-state index is -0.528. The zero-order valence-electron chi connectivity index (χ0n) is 13.1. The zero-order valence-corrected chi connectivity index (χ0v) is 13.1. The first kappa shape index (κ1) is 17.1. The first-order chi connectivity index (χ1) is 11.5. The lowest BCUT2D eigenvalue weighted by atomic mass is 10.2. The molecule has 124 valence electrons. The SMILES string of the molecule is CN(C(=O)CCNC(=O)c1ccc([N+](=O)[O-])cc1)c1ccccc1. The van der Waals surface area contributed by atoms with Crippen LogP contribution in [0.2, 0.25) is 0 Å². The van der Waals surface area contributed by atoms with Crippen LogP contribution in [0.15, 0.2) is 54.6 Å². The molecule has 2 aromatic carbocycles. The quantitative estimate of drug-likeness (QED) is 0.651. The second kappa shape index (κ2) is 7.87. The number of benzene rings is 2. The summed E-state index contributed by atoms with van der Waals surface area (Å²) < 4.78 is 0. The van der Waals surface area contributed by atoms with Gasteiger partial charge in [-0.1, -0.05) is 18.2 Å². The van der Waals surface area contributed by atoms with Gasteiger partial charge in [-0.15, -0.1) is 0 Å². The maximum absolute atomic E-state index is 12.1. The number of amides is 2. The summed E-state index contributed by atoms with van der Waals surface area (Å²) in [5.41, 5.74) is 1.01. The van der Waals surface area contributed by atoms with Gasteiger partial charge in [0.25, 0.3) is 11.6 Å². The number of carbonyl (C=O) groups excluding carboxylic acids is 2. The molecule has 0 aliphatic carbocycles. The van der Waals surface area contributed by atoms with Gasteiger partial charge in [0.05, 0.1) is 4.92 Å². The summed E-state index contributed by atoms with van der Waals surface area (Å²) in [6.45, 7) is 0.186. The van der Waals surface area contributed by atoms with Gasteiger partial charge in [0.2, 0.25) is 5.91 Å². The third-order valence-electron chi connectivity index (χ3n) is 3.48. The number of carbonyl (C=O) groups is 2. The van der Waals surface area contributed by atoms with Crippen LogP contribution in [0.4, 0.5) is 11.4 Å². The monoisotopic (exact) mass is 327 g/mol. The largest absolute Gasteiger partial charge is 0.352 e. The molecule has 0 aliphatic rings. The molecular formula is C17H17N3O4. The first-order valence-electron chi connectivity index (χ1n) is 7.33. The van der Waals surface area contributed by atoms with Gasteiger partial charge in [-0.05, 0) is 24.3 Å². The molecule has 0 atom stereocenters. The van der Waals surface area contributed by atoms with Gasteiger partial charge in [0.15, 0.2) is 0 Å². The number of anilines is 1. The molecule has 0 saturated heterocycles. The topological polar surface area (TPSA) is 92.6 Å². The number of nitrogens with zero attached hydrogens (tertiary/aromatic N) is 2. The van der Waals surface area contributed by atoms with E-state index in [1.807, 2.05) is 30.3 Å². The van der Waals surface area contributed by atoms with Crippen molar-refractivity contribution in [3.8, 4) is 0 Å². The van der Waals surface area contributed by atoms with Gasteiger partial charge in [0, 0.05) is 43.4 Å². The van der Waals surface area contributed by atoms with Crippen molar-refractivity contribution in [3.05, 3.63) is 70.3 Å². The minimum absolute atomic E-state index is 0.0776. The molecule has 0 radical (unpaired) electrons. The molecule has 0 saturated carbocycles. The van der Waals surface area contributed by atoms with E-state index in [0.717, 1.165) is 5.69 Å². The maximum atomic E-state index is 12.1. The number of nitro benzene ring substituents is 1. The van der Waals surface area contributed by atoms with Gasteiger partial charge in [0.1, 0.15) is 0 Å². The predicted octanol–water partition coefficient (Wildman–Crippen LogP) is 2.38. The van der Waals surface area contributed by atoms with Crippen molar-refractivity contribution in [1.29, 1.82) is 0 Å². The fourth-order valence-electron chi connectivity index (χ4n) is 2.08. The van der Waals surface area contributed by atoms with E-state index in [1.165, 1.54) is 29.2 Å². The molecular weight excluding hydrogens is 310 g/mol. The number of hydrogen-bond donors (Lipinski definition) is 1. The number of non-ortho nitro benzene ring substituents is 1. The smallest absolute Gasteiger partial charge is 0.269 e. The molecule has 7 nitrogen and oxygen atoms in total. The Labute approximate surface area is 139 Å². The molecule has 0 fully saturated rings. The molecule has 2 amide bonds. The Morgan fingerprint density at radius 1 is 1.08 bits per heavy atom. The minimum Gasteiger partial charge on any atom is -0.352 e. The molecule has 2 aromatic rings. The van der Waals surface area contributed by atoms with E-state index in [0.29, 0.717) is 5.56 Å². The molecule has 0 unspecified atom stereocenters. The number of para-hydroxylation sites is 1. The van der Waals surface area contributed by atoms with E-state index in [2.05, 4.69) is 5.32 Å². The van der Waals surface area contributed by atoms with Crippen LogP contribution >= 0.6 is 0 Å². The van der Waals surface area contributed by atoms with Crippen LogP contribution in [0.5, 0.6) is 0 Å². The summed E-state index contributed by atoms with van der Waals surface area (Å²) in [6.07, 6.45) is 0.157. The van der Waals surface area contributed by atoms with Gasteiger partial charge >= 0.3 is 0 Å². The average molecular weight is 327 g/mol. The van der Waals surface area contributed by atoms with Crippen molar-refractivity contribution in [1.82, 2.24) is 5.32 Å². The molecule has 2 rings (SSSR count). The molecule has 24 heavy (non-hydrogen) atoms. The maximum Gasteiger partial charge on any atom is 0.269 e. The van der Waals surface area contributed by atoms with E-state index in [4.69, 9.17) is 0 Å². The van der Waals surface area contributed by atoms with Crippen molar-refractivity contribution in [3.63, 3.8) is 0 Å². The van der Waals surface area contributed by atoms with E-state index in [9.17, 15) is 19.7 Å². The van der Waals surface area contributed by atoms with Crippen molar-refractivity contribution in [2.75, 3.05) is 18.5 Å². The second-order valence-corrected chi connectivity index (χ2v) is 5.10. The standard InChI is InChI=1S/C17H17N3O4/c1-19(14-5-3-2-4-6-14)16(21)11-12-18-17(22)13-7-9-15(10-8-13)20(23)24/h2-10H,11-12H2,1H3,(H,18,22). The molecule has 7 heteroatoms. The van der Waals surface area contributed by atoms with E-state index in [1.54, 1.807) is 7.05 Å². The fraction of sp³-hybridized carbons (Fsp3) is 0.176. The molecule has 0 heterocycles. The highest BCUT2D eigenvalue weighted by Crippen LogP contribution is 2.13. The molecule has 0 bridgehead atoms. The Bertz CT molecular complexity index is 729. The van der Waals surface area contributed by atoms with Gasteiger partial charge < -0.3 is 10.2 Å². The number of hydrogen-bond acceptors (Lipinski definition) is 4. The molecule has 0 aromatic heterocycles. The summed E-state index contributed by atoms with van der Waals surface area (Å²) in [4.78, 5) is 35.6. The number of nitrogens with one attached hydrogen (secondary N) is 1. The first-order valence-corrected chi connectivity index (χ1v) is 7.33. The third kappa shape index (κ3) is 4.39. The van der Waals surface area contributed by atoms with E-state index in [-0.39, 0.29) is 30.5 Å². The summed E-state index contributed by atoms with van der Waals surface area (Å²) in [5, 5.41) is 13.2. The van der Waals surface area contributed by atoms with E-state index < -0.39 is 4.92 Å². The number of nitro groups is 1. The highest BCUT2D eigenvalue weighted by atomic mass is 16.6. The number of rotatable bonds is 6. The Kier molecular flexibility index (Phi) is 5.62. The van der Waals surface area contributed by atoms with Crippen LogP contribution in [0.25, 0.3) is 0 Å². The lowest BCUT2D eigenvalue weighted by Crippen LogP contribution is -2.32. The van der Waals surface area contributed by atoms with Crippen molar-refractivity contribution < 1.29 is 14.5 Å². The summed E-state index contributed by atoms with van der Waals surface area (Å²) in [7, 11) is 1.68. The third-order valence-corrected chi connectivity index (χ3v) is 3.48. The Hall–Kier alpha value is -3.22. The Balaban J connectivity index is 1.84. The molecule has 0 spiro atoms. The van der Waals surface area contributed by atoms with Gasteiger partial charge in [-0.3, -0.25) is 19.7 Å². The van der Waals surface area contributed by atoms with Crippen molar-refractivity contribution in [2.45, 2.75) is 6.42 Å². The fourth-order valence-corrected chi connectivity index (χ4v) is 2.08. The Morgan fingerprint density at radius 2 is 1.71 bits per heavy atom. The summed E-state index contributed by atoms with van der Waals surface area (Å²) in [6, 6.07) is 14.5. The predicted molar refractivity (Wildman–Crippen MR) is 89.9 cm³/mol. The molecule has 0 aliphatic heterocycles. The molecule has 1 N–H and O–H groups in total. The van der Waals surface area contributed by atoms with Crippen LogP contribution in [0.3, 0.4) is 0 Å². The average Bonchev–Trinajstić information content (AvgIpc) is 2.61. The van der Waals surface area contributed by atoms with E-state index >= 15 is 0 Å². The van der Waals surface area contributed by atoms with Crippen LogP contribution in [0.1, 0.15) is 16.8 Å². The van der Waals surface area contributed by atoms with Crippen LogP contribution in [0, 0.1) is 10.1 Å². The lowest BCUT2D eigenvalue weighted by Gasteiger charge is -2.17.